The summed E-state index contributed by atoms with van der Waals surface area (Å²) < 4.78 is 28.5. The zero-order chi connectivity index (χ0) is 18.7. The Bertz CT molecular complexity index is 982. The van der Waals surface area contributed by atoms with E-state index in [2.05, 4.69) is 25.3 Å². The normalized spacial score (nSPS) is 10.9. The molecule has 3 rings (SSSR count). The van der Waals surface area contributed by atoms with E-state index in [1.165, 1.54) is 12.4 Å². The predicted molar refractivity (Wildman–Crippen MR) is 88.7 cm³/mol. The Morgan fingerprint density at radius 1 is 1.27 bits per heavy atom. The molecule has 3 heterocycles. The minimum absolute atomic E-state index is 0.0732. The summed E-state index contributed by atoms with van der Waals surface area (Å²) in [6.45, 7) is 2.35. The van der Waals surface area contributed by atoms with E-state index < -0.39 is 11.8 Å². The number of rotatable bonds is 6. The van der Waals surface area contributed by atoms with E-state index in [1.54, 1.807) is 10.9 Å². The van der Waals surface area contributed by atoms with Gasteiger partial charge in [0.15, 0.2) is 5.82 Å². The number of aromatic nitrogens is 7. The molecule has 0 spiro atoms. The molecule has 0 aliphatic heterocycles. The van der Waals surface area contributed by atoms with Gasteiger partial charge in [-0.1, -0.05) is 0 Å². The van der Waals surface area contributed by atoms with E-state index >= 15 is 0 Å². The molecule has 0 radical (unpaired) electrons. The highest BCUT2D eigenvalue weighted by atomic mass is 19.3. The average molecular weight is 362 g/mol. The van der Waals surface area contributed by atoms with E-state index in [-0.39, 0.29) is 30.2 Å². The standard InChI is InChI=1S/C15H16F2N8O/c1-2-24-8-10(5-21-24)11-6-20-13(7-19-11)25-12(22-23-15(25)26)3-9(4-18)14(16)17/h5-8H,2-4,18H2,1H3,(H,23,26). The number of hydrogen-bond donors (Lipinski definition) is 2. The first-order chi connectivity index (χ1) is 12.5. The lowest BCUT2D eigenvalue weighted by Crippen LogP contribution is -2.19. The van der Waals surface area contributed by atoms with Crippen LogP contribution in [0.15, 0.2) is 41.2 Å². The lowest BCUT2D eigenvalue weighted by molar-refractivity contribution is 0.407. The van der Waals surface area contributed by atoms with E-state index in [0.29, 0.717) is 5.69 Å². The van der Waals surface area contributed by atoms with Crippen molar-refractivity contribution in [3.63, 3.8) is 0 Å². The Labute approximate surface area is 146 Å². The Balaban J connectivity index is 1.93. The lowest BCUT2D eigenvalue weighted by Gasteiger charge is -2.06. The van der Waals surface area contributed by atoms with Crippen LogP contribution in [0, 0.1) is 0 Å². The maximum atomic E-state index is 12.8. The van der Waals surface area contributed by atoms with Gasteiger partial charge in [0.1, 0.15) is 5.82 Å². The second-order valence-electron chi connectivity index (χ2n) is 5.37. The van der Waals surface area contributed by atoms with Gasteiger partial charge in [0.2, 0.25) is 0 Å². The third-order valence-corrected chi connectivity index (χ3v) is 3.75. The van der Waals surface area contributed by atoms with Crippen molar-refractivity contribution in [2.24, 2.45) is 5.73 Å². The summed E-state index contributed by atoms with van der Waals surface area (Å²) in [6, 6.07) is 0. The summed E-state index contributed by atoms with van der Waals surface area (Å²) in [7, 11) is 0. The Kier molecular flexibility index (Phi) is 4.98. The monoisotopic (exact) mass is 362 g/mol. The first-order valence-electron chi connectivity index (χ1n) is 7.78. The van der Waals surface area contributed by atoms with Crippen LogP contribution in [0.5, 0.6) is 0 Å². The highest BCUT2D eigenvalue weighted by molar-refractivity contribution is 5.55. The molecule has 0 saturated heterocycles. The van der Waals surface area contributed by atoms with Crippen molar-refractivity contribution >= 4 is 0 Å². The van der Waals surface area contributed by atoms with Crippen molar-refractivity contribution < 1.29 is 8.78 Å². The van der Waals surface area contributed by atoms with Crippen LogP contribution in [0.25, 0.3) is 17.1 Å². The molecule has 26 heavy (non-hydrogen) atoms. The van der Waals surface area contributed by atoms with Crippen molar-refractivity contribution in [2.75, 3.05) is 6.54 Å². The minimum Gasteiger partial charge on any atom is -0.327 e. The van der Waals surface area contributed by atoms with Gasteiger partial charge in [0.05, 0.1) is 24.3 Å². The van der Waals surface area contributed by atoms with Crippen LogP contribution in [-0.4, -0.2) is 41.1 Å². The SMILES string of the molecule is CCn1cc(-c2cnc(-n3c(CC(CN)=C(F)F)n[nH]c3=O)cn2)cn1. The number of aromatic amines is 1. The molecule has 136 valence electrons. The first kappa shape index (κ1) is 17.6. The number of nitrogens with zero attached hydrogens (tertiary/aromatic N) is 6. The van der Waals surface area contributed by atoms with Gasteiger partial charge in [-0.15, -0.1) is 0 Å². The van der Waals surface area contributed by atoms with Crippen molar-refractivity contribution in [1.29, 1.82) is 0 Å². The lowest BCUT2D eigenvalue weighted by atomic mass is 10.2. The van der Waals surface area contributed by atoms with Gasteiger partial charge >= 0.3 is 5.69 Å². The van der Waals surface area contributed by atoms with Gasteiger partial charge in [0, 0.05) is 36.8 Å². The topological polar surface area (TPSA) is 120 Å². The molecule has 3 aromatic rings. The van der Waals surface area contributed by atoms with Gasteiger partial charge < -0.3 is 5.73 Å². The second-order valence-corrected chi connectivity index (χ2v) is 5.37. The fourth-order valence-corrected chi connectivity index (χ4v) is 2.35. The summed E-state index contributed by atoms with van der Waals surface area (Å²) in [5.41, 5.74) is 5.76. The molecule has 0 fully saturated rings. The van der Waals surface area contributed by atoms with Crippen LogP contribution in [0.4, 0.5) is 8.78 Å². The van der Waals surface area contributed by atoms with E-state index in [1.807, 2.05) is 13.1 Å². The number of H-pyrrole nitrogens is 1. The van der Waals surface area contributed by atoms with E-state index in [0.717, 1.165) is 16.7 Å². The van der Waals surface area contributed by atoms with Crippen LogP contribution < -0.4 is 11.4 Å². The van der Waals surface area contributed by atoms with Crippen molar-refractivity contribution in [3.05, 3.63) is 52.7 Å². The maximum Gasteiger partial charge on any atom is 0.349 e. The number of halogens is 2. The smallest absolute Gasteiger partial charge is 0.327 e. The Morgan fingerprint density at radius 3 is 2.65 bits per heavy atom. The fourth-order valence-electron chi connectivity index (χ4n) is 2.35. The van der Waals surface area contributed by atoms with Crippen LogP contribution in [-0.2, 0) is 13.0 Å². The quantitative estimate of drug-likeness (QED) is 0.672. The number of nitrogens with two attached hydrogens (primary N) is 1. The van der Waals surface area contributed by atoms with Crippen molar-refractivity contribution in [3.8, 4) is 17.1 Å². The summed E-state index contributed by atoms with van der Waals surface area (Å²) in [5, 5.41) is 10.2. The zero-order valence-electron chi connectivity index (χ0n) is 13.9. The van der Waals surface area contributed by atoms with Crippen LogP contribution in [0.3, 0.4) is 0 Å². The Hall–Kier alpha value is -3.21. The maximum absolute atomic E-state index is 12.8. The van der Waals surface area contributed by atoms with E-state index in [4.69, 9.17) is 5.73 Å². The number of aryl methyl sites for hydroxylation is 1. The highest BCUT2D eigenvalue weighted by Crippen LogP contribution is 2.17. The zero-order valence-corrected chi connectivity index (χ0v) is 13.9. The van der Waals surface area contributed by atoms with Gasteiger partial charge in [-0.3, -0.25) is 9.67 Å². The molecule has 0 saturated carbocycles. The van der Waals surface area contributed by atoms with Gasteiger partial charge in [-0.2, -0.15) is 19.0 Å². The summed E-state index contributed by atoms with van der Waals surface area (Å²) in [4.78, 5) is 20.5. The van der Waals surface area contributed by atoms with Gasteiger partial charge in [0.25, 0.3) is 6.08 Å². The predicted octanol–water partition coefficient (Wildman–Crippen LogP) is 0.886. The third-order valence-electron chi connectivity index (χ3n) is 3.75. The van der Waals surface area contributed by atoms with Gasteiger partial charge in [-0.25, -0.2) is 19.4 Å². The molecular weight excluding hydrogens is 346 g/mol. The first-order valence-corrected chi connectivity index (χ1v) is 7.78. The molecule has 0 amide bonds. The largest absolute Gasteiger partial charge is 0.349 e. The molecule has 11 heteroatoms. The number of hydrogen-bond acceptors (Lipinski definition) is 6. The van der Waals surface area contributed by atoms with Crippen LogP contribution in [0.2, 0.25) is 0 Å². The van der Waals surface area contributed by atoms with Crippen LogP contribution in [0.1, 0.15) is 12.7 Å². The molecule has 0 aliphatic rings. The molecule has 0 aromatic carbocycles. The van der Waals surface area contributed by atoms with Crippen molar-refractivity contribution in [2.45, 2.75) is 19.9 Å². The average Bonchev–Trinajstić information content (AvgIpc) is 3.26. The summed E-state index contributed by atoms with van der Waals surface area (Å²) >= 11 is 0. The molecule has 9 nitrogen and oxygen atoms in total. The number of nitrogens with one attached hydrogen (secondary N) is 1. The molecular formula is C15H16F2N8O. The minimum atomic E-state index is -1.89. The molecule has 3 N–H and O–H groups in total. The van der Waals surface area contributed by atoms with E-state index in [9.17, 15) is 13.6 Å². The molecule has 0 bridgehead atoms. The molecule has 3 aromatic heterocycles. The third kappa shape index (κ3) is 3.42. The van der Waals surface area contributed by atoms with Crippen molar-refractivity contribution in [1.82, 2.24) is 34.5 Å². The summed E-state index contributed by atoms with van der Waals surface area (Å²) in [5.74, 6) is 0.241. The molecule has 0 unspecified atom stereocenters. The second kappa shape index (κ2) is 7.35. The van der Waals surface area contributed by atoms with Gasteiger partial charge in [-0.05, 0) is 6.92 Å². The molecule has 0 aliphatic carbocycles. The van der Waals surface area contributed by atoms with Crippen LogP contribution >= 0.6 is 0 Å². The Morgan fingerprint density at radius 2 is 2.08 bits per heavy atom. The highest BCUT2D eigenvalue weighted by Gasteiger charge is 2.16. The molecule has 0 atom stereocenters. The fraction of sp³-hybridized carbons (Fsp3) is 0.267. The summed E-state index contributed by atoms with van der Waals surface area (Å²) in [6.07, 6.45) is 4.17.